The lowest BCUT2D eigenvalue weighted by Gasteiger charge is -2.46. The van der Waals surface area contributed by atoms with Crippen LogP contribution < -0.4 is 9.80 Å². The molecule has 2 unspecified atom stereocenters. The van der Waals surface area contributed by atoms with Crippen molar-refractivity contribution in [1.29, 1.82) is 0 Å². The highest BCUT2D eigenvalue weighted by molar-refractivity contribution is 5.74. The summed E-state index contributed by atoms with van der Waals surface area (Å²) in [7, 11) is 4.45. The third-order valence-corrected chi connectivity index (χ3v) is 8.61. The van der Waals surface area contributed by atoms with Crippen LogP contribution in [0.5, 0.6) is 0 Å². The van der Waals surface area contributed by atoms with Crippen molar-refractivity contribution in [2.75, 3.05) is 30.4 Å². The number of nitrogens with zero attached hydrogens (tertiary/aromatic N) is 3. The minimum atomic E-state index is -0.193. The lowest BCUT2D eigenvalue weighted by molar-refractivity contribution is 0.481. The van der Waals surface area contributed by atoms with Gasteiger partial charge in [0.15, 0.2) is 0 Å². The number of para-hydroxylation sites is 1. The zero-order chi connectivity index (χ0) is 25.6. The topological polar surface area (TPSA) is 19.4 Å². The van der Waals surface area contributed by atoms with Crippen LogP contribution in [0.4, 0.5) is 11.5 Å². The smallest absolute Gasteiger partial charge is 0.132 e. The molecule has 6 rings (SSSR count). The number of anilines is 2. The highest BCUT2D eigenvalue weighted by Gasteiger charge is 2.49. The van der Waals surface area contributed by atoms with Gasteiger partial charge in [-0.15, -0.1) is 0 Å². The Morgan fingerprint density at radius 2 is 1.24 bits per heavy atom. The fourth-order valence-electron chi connectivity index (χ4n) is 6.89. The van der Waals surface area contributed by atoms with Crippen LogP contribution in [0, 0.1) is 0 Å². The maximum absolute atomic E-state index is 4.85. The largest absolute Gasteiger partial charge is 0.355 e. The van der Waals surface area contributed by atoms with Crippen LogP contribution in [0.25, 0.3) is 0 Å². The van der Waals surface area contributed by atoms with Crippen LogP contribution in [0.2, 0.25) is 0 Å². The molecule has 0 amide bonds. The summed E-state index contributed by atoms with van der Waals surface area (Å²) in [5.74, 6) is 1.09. The Balaban J connectivity index is 1.62. The van der Waals surface area contributed by atoms with Gasteiger partial charge in [-0.3, -0.25) is 0 Å². The SMILES string of the molecule is CN1C/C(=C2\N(C)c3ccccc3C2(C)Cc2ccccc2)C(C)(Cc2ccccc2)c2cccnc21. The van der Waals surface area contributed by atoms with Gasteiger partial charge in [0.25, 0.3) is 0 Å². The number of hydrogen-bond acceptors (Lipinski definition) is 3. The van der Waals surface area contributed by atoms with Gasteiger partial charge in [-0.25, -0.2) is 4.98 Å². The van der Waals surface area contributed by atoms with E-state index in [-0.39, 0.29) is 10.8 Å². The summed E-state index contributed by atoms with van der Waals surface area (Å²) < 4.78 is 0. The summed E-state index contributed by atoms with van der Waals surface area (Å²) in [5.41, 5.74) is 9.31. The summed E-state index contributed by atoms with van der Waals surface area (Å²) in [6, 6.07) is 35.3. The second-order valence-corrected chi connectivity index (χ2v) is 11.1. The van der Waals surface area contributed by atoms with Crippen LogP contribution >= 0.6 is 0 Å². The molecule has 0 spiro atoms. The molecule has 0 aliphatic carbocycles. The van der Waals surface area contributed by atoms with Crippen molar-refractivity contribution in [3.8, 4) is 0 Å². The first-order chi connectivity index (χ1) is 17.9. The summed E-state index contributed by atoms with van der Waals surface area (Å²) in [6.45, 7) is 5.74. The van der Waals surface area contributed by atoms with Gasteiger partial charge in [0, 0.05) is 54.6 Å². The molecule has 0 bridgehead atoms. The number of pyridine rings is 1. The molecule has 0 radical (unpaired) electrons. The third kappa shape index (κ3) is 3.76. The van der Waals surface area contributed by atoms with Crippen LogP contribution in [0.1, 0.15) is 36.1 Å². The van der Waals surface area contributed by atoms with Gasteiger partial charge in [0.05, 0.1) is 0 Å². The quantitative estimate of drug-likeness (QED) is 0.312. The maximum Gasteiger partial charge on any atom is 0.132 e. The summed E-state index contributed by atoms with van der Waals surface area (Å²) in [6.07, 6.45) is 3.82. The van der Waals surface area contributed by atoms with E-state index in [0.29, 0.717) is 0 Å². The van der Waals surface area contributed by atoms with Gasteiger partial charge in [-0.1, -0.05) is 91.9 Å². The van der Waals surface area contributed by atoms with Crippen molar-refractivity contribution in [3.05, 3.63) is 137 Å². The Morgan fingerprint density at radius 1 is 0.676 bits per heavy atom. The highest BCUT2D eigenvalue weighted by Crippen LogP contribution is 2.55. The number of allylic oxidation sites excluding steroid dienone is 1. The molecule has 3 aromatic carbocycles. The Bertz CT molecular complexity index is 1460. The molecule has 0 saturated heterocycles. The van der Waals surface area contributed by atoms with E-state index in [0.717, 1.165) is 25.2 Å². The van der Waals surface area contributed by atoms with Crippen LogP contribution in [-0.2, 0) is 23.7 Å². The first kappa shape index (κ1) is 23.5. The first-order valence-corrected chi connectivity index (χ1v) is 13.2. The van der Waals surface area contributed by atoms with Gasteiger partial charge in [-0.05, 0) is 54.2 Å². The van der Waals surface area contributed by atoms with E-state index in [9.17, 15) is 0 Å². The molecule has 3 nitrogen and oxygen atoms in total. The number of hydrogen-bond donors (Lipinski definition) is 0. The molecule has 4 aromatic rings. The van der Waals surface area contributed by atoms with Gasteiger partial charge >= 0.3 is 0 Å². The molecular weight excluding hydrogens is 450 g/mol. The molecule has 2 aliphatic rings. The fourth-order valence-corrected chi connectivity index (χ4v) is 6.89. The minimum absolute atomic E-state index is 0.152. The van der Waals surface area contributed by atoms with E-state index in [1.807, 2.05) is 6.20 Å². The highest BCUT2D eigenvalue weighted by atomic mass is 15.2. The number of rotatable bonds is 4. The summed E-state index contributed by atoms with van der Waals surface area (Å²) in [5, 5.41) is 0. The molecule has 3 heterocycles. The van der Waals surface area contributed by atoms with Crippen molar-refractivity contribution in [1.82, 2.24) is 4.98 Å². The normalized spacial score (nSPS) is 24.6. The second-order valence-electron chi connectivity index (χ2n) is 11.1. The predicted octanol–water partition coefficient (Wildman–Crippen LogP) is 6.94. The molecule has 1 aromatic heterocycles. The van der Waals surface area contributed by atoms with Gasteiger partial charge in [0.1, 0.15) is 5.82 Å². The van der Waals surface area contributed by atoms with Gasteiger partial charge < -0.3 is 9.80 Å². The Labute approximate surface area is 221 Å². The standard InChI is InChI=1S/C34H35N3/c1-33(22-25-14-7-5-8-15-25)28-19-13-21-35-32(28)36(3)24-29(33)31-34(2,23-26-16-9-6-10-17-26)27-18-11-12-20-30(27)37(31)4/h5-21H,22-24H2,1-4H3/b31-29+. The maximum atomic E-state index is 4.85. The van der Waals surface area contributed by atoms with Crippen molar-refractivity contribution in [2.24, 2.45) is 0 Å². The number of likely N-dealkylation sites (N-methyl/N-ethyl adjacent to an activating group) is 2. The molecule has 0 saturated carbocycles. The van der Waals surface area contributed by atoms with Crippen molar-refractivity contribution >= 4 is 11.5 Å². The second kappa shape index (κ2) is 8.92. The molecule has 0 N–H and O–H groups in total. The van der Waals surface area contributed by atoms with Crippen LogP contribution in [0.15, 0.2) is 115 Å². The monoisotopic (exact) mass is 485 g/mol. The van der Waals surface area contributed by atoms with Crippen LogP contribution in [0.3, 0.4) is 0 Å². The molecular formula is C34H35N3. The van der Waals surface area contributed by atoms with E-state index >= 15 is 0 Å². The van der Waals surface area contributed by atoms with E-state index in [1.54, 1.807) is 0 Å². The molecule has 37 heavy (non-hydrogen) atoms. The van der Waals surface area contributed by atoms with Gasteiger partial charge in [0.2, 0.25) is 0 Å². The lowest BCUT2D eigenvalue weighted by atomic mass is 9.65. The predicted molar refractivity (Wildman–Crippen MR) is 154 cm³/mol. The first-order valence-electron chi connectivity index (χ1n) is 13.2. The zero-order valence-electron chi connectivity index (χ0n) is 22.3. The lowest BCUT2D eigenvalue weighted by Crippen LogP contribution is -2.45. The number of fused-ring (bicyclic) bond motifs is 2. The van der Waals surface area contributed by atoms with Crippen molar-refractivity contribution < 1.29 is 0 Å². The molecule has 186 valence electrons. The minimum Gasteiger partial charge on any atom is -0.355 e. The fraction of sp³-hybridized carbons (Fsp3) is 0.265. The summed E-state index contributed by atoms with van der Waals surface area (Å²) in [4.78, 5) is 9.67. The average molecular weight is 486 g/mol. The Kier molecular flexibility index (Phi) is 5.67. The van der Waals surface area contributed by atoms with E-state index < -0.39 is 0 Å². The van der Waals surface area contributed by atoms with E-state index in [4.69, 9.17) is 4.98 Å². The van der Waals surface area contributed by atoms with Gasteiger partial charge in [-0.2, -0.15) is 0 Å². The Morgan fingerprint density at radius 3 is 1.92 bits per heavy atom. The van der Waals surface area contributed by atoms with E-state index in [1.165, 1.54) is 39.2 Å². The molecule has 2 atom stereocenters. The van der Waals surface area contributed by atoms with Crippen molar-refractivity contribution in [2.45, 2.75) is 37.5 Å². The van der Waals surface area contributed by atoms with E-state index in [2.05, 4.69) is 135 Å². The van der Waals surface area contributed by atoms with Crippen LogP contribution in [-0.4, -0.2) is 25.6 Å². The molecule has 0 fully saturated rings. The Hall–Kier alpha value is -3.85. The van der Waals surface area contributed by atoms with Crippen molar-refractivity contribution in [3.63, 3.8) is 0 Å². The molecule has 2 aliphatic heterocycles. The zero-order valence-corrected chi connectivity index (χ0v) is 22.3. The third-order valence-electron chi connectivity index (χ3n) is 8.61. The summed E-state index contributed by atoms with van der Waals surface area (Å²) >= 11 is 0. The number of aromatic nitrogens is 1. The number of benzene rings is 3. The molecule has 3 heteroatoms. The average Bonchev–Trinajstić information content (AvgIpc) is 3.14.